The third-order valence-corrected chi connectivity index (χ3v) is 10.7. The highest BCUT2D eigenvalue weighted by atomic mass is 79.9. The van der Waals surface area contributed by atoms with E-state index in [4.69, 9.17) is 0 Å². The number of unbranched alkanes of at least 4 members (excludes halogenated alkanes) is 10. The van der Waals surface area contributed by atoms with Crippen LogP contribution in [-0.2, 0) is 12.8 Å². The van der Waals surface area contributed by atoms with E-state index in [1.54, 1.807) is 11.1 Å². The molecule has 250 valence electrons. The maximum Gasteiger partial charge on any atom is 0.0175 e. The maximum atomic E-state index is 3.57. The highest BCUT2D eigenvalue weighted by Crippen LogP contribution is 2.37. The Morgan fingerprint density at radius 1 is 0.375 bits per heavy atom. The van der Waals surface area contributed by atoms with Crippen molar-refractivity contribution < 1.29 is 0 Å². The van der Waals surface area contributed by atoms with E-state index in [2.05, 4.69) is 155 Å². The van der Waals surface area contributed by atoms with Crippen LogP contribution in [0.1, 0.15) is 124 Å². The lowest BCUT2D eigenvalue weighted by Crippen LogP contribution is -2.01. The monoisotopic (exact) mass is 762 g/mol. The summed E-state index contributed by atoms with van der Waals surface area (Å²) in [6.45, 7) is 4.61. The SMILES string of the molecule is CCCCCCCCc1c(CCCCCCCC)c2cc(/C=C/c3ccc(Br)cc3)ccc2c2ccc(/C=C/c3ccc(Br)cc3)cc12. The van der Waals surface area contributed by atoms with Crippen molar-refractivity contribution in [1.29, 1.82) is 0 Å². The van der Waals surface area contributed by atoms with Gasteiger partial charge in [-0.2, -0.15) is 0 Å². The second-order valence-corrected chi connectivity index (χ2v) is 15.2. The van der Waals surface area contributed by atoms with Crippen molar-refractivity contribution >= 4 is 77.7 Å². The molecule has 5 aromatic rings. The lowest BCUT2D eigenvalue weighted by atomic mass is 9.85. The number of benzene rings is 5. The Bertz CT molecular complexity index is 1660. The van der Waals surface area contributed by atoms with Gasteiger partial charge >= 0.3 is 0 Å². The molecule has 0 radical (unpaired) electrons. The molecule has 0 aliphatic heterocycles. The molecule has 0 atom stereocenters. The Kier molecular flexibility index (Phi) is 14.6. The topological polar surface area (TPSA) is 0 Å². The number of hydrogen-bond acceptors (Lipinski definition) is 0. The fourth-order valence-electron chi connectivity index (χ4n) is 6.89. The minimum Gasteiger partial charge on any atom is -0.0654 e. The van der Waals surface area contributed by atoms with E-state index in [-0.39, 0.29) is 0 Å². The molecule has 0 aliphatic carbocycles. The molecule has 0 amide bonds. The predicted molar refractivity (Wildman–Crippen MR) is 222 cm³/mol. The van der Waals surface area contributed by atoms with Crippen LogP contribution in [0, 0.1) is 0 Å². The van der Waals surface area contributed by atoms with Gasteiger partial charge in [0.2, 0.25) is 0 Å². The Morgan fingerprint density at radius 3 is 1.10 bits per heavy atom. The molecule has 5 rings (SSSR count). The van der Waals surface area contributed by atoms with Crippen molar-refractivity contribution in [1.82, 2.24) is 0 Å². The van der Waals surface area contributed by atoms with Gasteiger partial charge < -0.3 is 0 Å². The van der Waals surface area contributed by atoms with Crippen LogP contribution in [0.3, 0.4) is 0 Å². The molecule has 2 heteroatoms. The summed E-state index contributed by atoms with van der Waals surface area (Å²) in [7, 11) is 0. The quantitative estimate of drug-likeness (QED) is 0.0474. The second-order valence-electron chi connectivity index (χ2n) is 13.4. The molecule has 0 heterocycles. The molecule has 0 aliphatic rings. The maximum absolute atomic E-state index is 3.57. The van der Waals surface area contributed by atoms with Crippen LogP contribution < -0.4 is 0 Å². The first kappa shape index (κ1) is 36.3. The van der Waals surface area contributed by atoms with Gasteiger partial charge in [-0.25, -0.2) is 0 Å². The fourth-order valence-corrected chi connectivity index (χ4v) is 7.42. The zero-order valence-electron chi connectivity index (χ0n) is 29.0. The lowest BCUT2D eigenvalue weighted by Gasteiger charge is -2.19. The molecule has 0 unspecified atom stereocenters. The third kappa shape index (κ3) is 10.5. The van der Waals surface area contributed by atoms with Crippen LogP contribution in [0.5, 0.6) is 0 Å². The number of fused-ring (bicyclic) bond motifs is 3. The summed E-state index contributed by atoms with van der Waals surface area (Å²) >= 11 is 7.14. The first-order chi connectivity index (χ1) is 23.6. The summed E-state index contributed by atoms with van der Waals surface area (Å²) < 4.78 is 2.22. The summed E-state index contributed by atoms with van der Waals surface area (Å²) in [4.78, 5) is 0. The normalized spacial score (nSPS) is 11.9. The summed E-state index contributed by atoms with van der Waals surface area (Å²) in [5.41, 5.74) is 8.17. The zero-order valence-corrected chi connectivity index (χ0v) is 32.2. The van der Waals surface area contributed by atoms with Crippen molar-refractivity contribution in [3.05, 3.63) is 127 Å². The first-order valence-corrected chi connectivity index (χ1v) is 20.0. The predicted octanol–water partition coefficient (Wildman–Crippen LogP) is 15.7. The van der Waals surface area contributed by atoms with E-state index in [0.717, 1.165) is 21.8 Å². The molecule has 48 heavy (non-hydrogen) atoms. The Morgan fingerprint density at radius 2 is 0.708 bits per heavy atom. The zero-order chi connectivity index (χ0) is 33.6. The van der Waals surface area contributed by atoms with Crippen LogP contribution in [-0.4, -0.2) is 0 Å². The second kappa shape index (κ2) is 19.3. The minimum absolute atomic E-state index is 1.11. The van der Waals surface area contributed by atoms with Crippen molar-refractivity contribution in [3.8, 4) is 0 Å². The van der Waals surface area contributed by atoms with Gasteiger partial charge in [0, 0.05) is 8.95 Å². The summed E-state index contributed by atoms with van der Waals surface area (Å²) in [6.07, 6.45) is 27.2. The Balaban J connectivity index is 1.56. The third-order valence-electron chi connectivity index (χ3n) is 9.63. The highest BCUT2D eigenvalue weighted by molar-refractivity contribution is 9.10. The number of halogens is 2. The standard InChI is InChI=1S/C46H52Br2/c1-3-5-7-9-11-13-15-41-42(16-14-12-10-8-6-4-2)46-34-38(20-18-36-23-29-40(48)30-24-36)26-32-44(46)43-31-25-37(33-45(41)43)19-17-35-21-27-39(47)28-22-35/h17-34H,3-16H2,1-2H3/b19-17+,20-18+. The van der Waals surface area contributed by atoms with Crippen LogP contribution in [0.15, 0.2) is 93.9 Å². The van der Waals surface area contributed by atoms with Crippen molar-refractivity contribution in [2.75, 3.05) is 0 Å². The summed E-state index contributed by atoms with van der Waals surface area (Å²) in [5, 5.41) is 5.69. The molecule has 0 spiro atoms. The molecule has 5 aromatic carbocycles. The van der Waals surface area contributed by atoms with Crippen LogP contribution >= 0.6 is 31.9 Å². The minimum atomic E-state index is 1.11. The van der Waals surface area contributed by atoms with Crippen LogP contribution in [0.2, 0.25) is 0 Å². The average molecular weight is 765 g/mol. The first-order valence-electron chi connectivity index (χ1n) is 18.4. The fraction of sp³-hybridized carbons (Fsp3) is 0.348. The van der Waals surface area contributed by atoms with Gasteiger partial charge in [-0.1, -0.05) is 183 Å². The largest absolute Gasteiger partial charge is 0.0654 e. The number of hydrogen-bond donors (Lipinski definition) is 0. The van der Waals surface area contributed by atoms with Crippen molar-refractivity contribution in [2.45, 2.75) is 104 Å². The molecule has 0 saturated heterocycles. The van der Waals surface area contributed by atoms with Gasteiger partial charge in [-0.15, -0.1) is 0 Å². The molecular weight excluding hydrogens is 712 g/mol. The van der Waals surface area contributed by atoms with Crippen LogP contribution in [0.4, 0.5) is 0 Å². The smallest absolute Gasteiger partial charge is 0.0175 e. The Hall–Kier alpha value is -2.94. The molecule has 0 nitrogen and oxygen atoms in total. The average Bonchev–Trinajstić information content (AvgIpc) is 3.11. The summed E-state index contributed by atoms with van der Waals surface area (Å²) in [5.74, 6) is 0. The molecule has 0 fully saturated rings. The number of rotatable bonds is 18. The Labute approximate surface area is 307 Å². The molecular formula is C46H52Br2. The summed E-state index contributed by atoms with van der Waals surface area (Å²) in [6, 6.07) is 31.5. The van der Waals surface area contributed by atoms with Gasteiger partial charge in [0.05, 0.1) is 0 Å². The van der Waals surface area contributed by atoms with E-state index in [9.17, 15) is 0 Å². The molecule has 0 N–H and O–H groups in total. The van der Waals surface area contributed by atoms with Gasteiger partial charge in [0.1, 0.15) is 0 Å². The van der Waals surface area contributed by atoms with E-state index >= 15 is 0 Å². The molecule has 0 bridgehead atoms. The lowest BCUT2D eigenvalue weighted by molar-refractivity contribution is 0.600. The molecule has 0 aromatic heterocycles. The van der Waals surface area contributed by atoms with E-state index < -0.39 is 0 Å². The van der Waals surface area contributed by atoms with Gasteiger partial charge in [0.15, 0.2) is 0 Å². The van der Waals surface area contributed by atoms with Crippen LogP contribution in [0.25, 0.3) is 45.8 Å². The van der Waals surface area contributed by atoms with Gasteiger partial charge in [-0.3, -0.25) is 0 Å². The highest BCUT2D eigenvalue weighted by Gasteiger charge is 2.15. The molecule has 0 saturated carbocycles. The van der Waals surface area contributed by atoms with E-state index in [0.29, 0.717) is 0 Å². The van der Waals surface area contributed by atoms with Gasteiger partial charge in [-0.05, 0) is 117 Å². The van der Waals surface area contributed by atoms with Crippen molar-refractivity contribution in [2.24, 2.45) is 0 Å². The van der Waals surface area contributed by atoms with E-state index in [1.807, 2.05) is 0 Å². The number of aryl methyl sites for hydroxylation is 2. The van der Waals surface area contributed by atoms with Crippen molar-refractivity contribution in [3.63, 3.8) is 0 Å². The van der Waals surface area contributed by atoms with E-state index in [1.165, 1.54) is 121 Å². The van der Waals surface area contributed by atoms with Gasteiger partial charge in [0.25, 0.3) is 0 Å².